The number of likely N-dealkylation sites (tertiary alicyclic amines) is 1. The van der Waals surface area contributed by atoms with Gasteiger partial charge in [-0.25, -0.2) is 4.79 Å². The number of likely N-dealkylation sites (N-methyl/N-ethyl adjacent to an activating group) is 1. The maximum absolute atomic E-state index is 14.3. The first-order valence-corrected chi connectivity index (χ1v) is 15.7. The number of fused-ring (bicyclic) bond motifs is 3. The SMILES string of the molecule is C[C@@H](c1c[nH]c2ccccc12)[C@@H](NC(=O)N[C@@H]1CCCNC1)C(=O)N1CCC2(CC1)C[C@@H](C(=O)N(C)C)c1ccccc12. The summed E-state index contributed by atoms with van der Waals surface area (Å²) >= 11 is 0. The Morgan fingerprint density at radius 2 is 1.79 bits per heavy atom. The molecule has 4 N–H and O–H groups in total. The lowest BCUT2D eigenvalue weighted by atomic mass is 9.73. The molecule has 0 saturated carbocycles. The van der Waals surface area contributed by atoms with Gasteiger partial charge >= 0.3 is 6.03 Å². The highest BCUT2D eigenvalue weighted by molar-refractivity contribution is 5.90. The quantitative estimate of drug-likeness (QED) is 0.353. The molecule has 1 aromatic heterocycles. The summed E-state index contributed by atoms with van der Waals surface area (Å²) < 4.78 is 0. The van der Waals surface area contributed by atoms with E-state index in [0.29, 0.717) is 13.1 Å². The number of piperidine rings is 2. The van der Waals surface area contributed by atoms with Crippen molar-refractivity contribution in [3.05, 3.63) is 71.4 Å². The predicted octanol–water partition coefficient (Wildman–Crippen LogP) is 3.83. The topological polar surface area (TPSA) is 110 Å². The predicted molar refractivity (Wildman–Crippen MR) is 168 cm³/mol. The minimum Gasteiger partial charge on any atom is -0.361 e. The van der Waals surface area contributed by atoms with E-state index >= 15 is 0 Å². The van der Waals surface area contributed by atoms with E-state index in [1.807, 2.05) is 56.4 Å². The van der Waals surface area contributed by atoms with Crippen LogP contribution in [0.4, 0.5) is 4.79 Å². The number of benzene rings is 2. The van der Waals surface area contributed by atoms with Gasteiger partial charge in [-0.05, 0) is 61.4 Å². The maximum Gasteiger partial charge on any atom is 0.315 e. The number of nitrogens with one attached hydrogen (secondary N) is 4. The molecule has 2 saturated heterocycles. The highest BCUT2D eigenvalue weighted by atomic mass is 16.2. The minimum absolute atomic E-state index is 0.0444. The van der Waals surface area contributed by atoms with Crippen molar-refractivity contribution in [3.8, 4) is 0 Å². The lowest BCUT2D eigenvalue weighted by Gasteiger charge is -2.42. The summed E-state index contributed by atoms with van der Waals surface area (Å²) in [4.78, 5) is 47.7. The van der Waals surface area contributed by atoms with E-state index in [0.717, 1.165) is 67.2 Å². The van der Waals surface area contributed by atoms with E-state index in [1.165, 1.54) is 5.56 Å². The first-order chi connectivity index (χ1) is 20.8. The zero-order chi connectivity index (χ0) is 30.1. The molecule has 0 unspecified atom stereocenters. The van der Waals surface area contributed by atoms with Crippen molar-refractivity contribution in [3.63, 3.8) is 0 Å². The monoisotopic (exact) mass is 584 g/mol. The number of carbonyl (C=O) groups is 3. The third kappa shape index (κ3) is 5.62. The molecule has 1 spiro atoms. The molecule has 9 nitrogen and oxygen atoms in total. The van der Waals surface area contributed by atoms with E-state index in [2.05, 4.69) is 45.2 Å². The highest BCUT2D eigenvalue weighted by Gasteiger charge is 2.49. The molecule has 2 aromatic carbocycles. The van der Waals surface area contributed by atoms with Crippen LogP contribution in [0.3, 0.4) is 0 Å². The summed E-state index contributed by atoms with van der Waals surface area (Å²) in [7, 11) is 3.64. The Morgan fingerprint density at radius 3 is 2.53 bits per heavy atom. The summed E-state index contributed by atoms with van der Waals surface area (Å²) in [5, 5.41) is 10.6. The Bertz CT molecular complexity index is 1480. The summed E-state index contributed by atoms with van der Waals surface area (Å²) in [6.07, 6.45) is 6.25. The minimum atomic E-state index is -0.719. The molecule has 228 valence electrons. The Morgan fingerprint density at radius 1 is 1.05 bits per heavy atom. The molecule has 9 heteroatoms. The van der Waals surface area contributed by atoms with Crippen molar-refractivity contribution in [2.24, 2.45) is 0 Å². The van der Waals surface area contributed by atoms with E-state index in [9.17, 15) is 14.4 Å². The summed E-state index contributed by atoms with van der Waals surface area (Å²) in [6, 6.07) is 15.4. The van der Waals surface area contributed by atoms with Crippen molar-refractivity contribution >= 4 is 28.7 Å². The van der Waals surface area contributed by atoms with Gasteiger partial charge in [0.15, 0.2) is 0 Å². The molecule has 3 heterocycles. The van der Waals surface area contributed by atoms with Gasteiger partial charge in [-0.15, -0.1) is 0 Å². The van der Waals surface area contributed by atoms with Crippen LogP contribution in [-0.2, 0) is 15.0 Å². The number of para-hydroxylation sites is 1. The van der Waals surface area contributed by atoms with Crippen molar-refractivity contribution < 1.29 is 14.4 Å². The maximum atomic E-state index is 14.3. The van der Waals surface area contributed by atoms with Gasteiger partial charge in [0.05, 0.1) is 5.92 Å². The fourth-order valence-electron chi connectivity index (χ4n) is 7.65. The smallest absolute Gasteiger partial charge is 0.315 e. The molecule has 2 aliphatic heterocycles. The van der Waals surface area contributed by atoms with Crippen LogP contribution in [0.5, 0.6) is 0 Å². The second-order valence-electron chi connectivity index (χ2n) is 12.9. The van der Waals surface area contributed by atoms with Crippen LogP contribution >= 0.6 is 0 Å². The average molecular weight is 585 g/mol. The van der Waals surface area contributed by atoms with Gasteiger partial charge in [0.25, 0.3) is 0 Å². The second kappa shape index (κ2) is 12.0. The number of aromatic nitrogens is 1. The van der Waals surface area contributed by atoms with Gasteiger partial charge in [0.2, 0.25) is 11.8 Å². The standard InChI is InChI=1S/C34H44N6O3/c1-22(27-21-36-29-13-7-5-11-25(27)29)30(38-33(43)37-23-9-8-16-35-20-23)32(42)40-17-14-34(15-18-40)19-26(31(41)39(2)3)24-10-4-6-12-28(24)34/h4-7,10-13,21-23,26,30,35-36H,8-9,14-20H2,1-3H3,(H2,37,38,43)/t22-,23+,26+,30+/m0/s1. The fourth-order valence-corrected chi connectivity index (χ4v) is 7.65. The largest absolute Gasteiger partial charge is 0.361 e. The normalized spacial score (nSPS) is 22.5. The van der Waals surface area contributed by atoms with E-state index in [-0.39, 0.29) is 41.1 Å². The number of hydrogen-bond donors (Lipinski definition) is 4. The first kappa shape index (κ1) is 29.2. The third-order valence-corrected chi connectivity index (χ3v) is 10.1. The number of H-pyrrole nitrogens is 1. The fraction of sp³-hybridized carbons (Fsp3) is 0.500. The third-order valence-electron chi connectivity index (χ3n) is 10.1. The molecule has 6 rings (SSSR count). The Kier molecular flexibility index (Phi) is 8.18. The van der Waals surface area contributed by atoms with Crippen molar-refractivity contribution in [1.82, 2.24) is 30.7 Å². The molecule has 2 fully saturated rings. The van der Waals surface area contributed by atoms with Crippen LogP contribution in [0.25, 0.3) is 10.9 Å². The second-order valence-corrected chi connectivity index (χ2v) is 12.9. The number of aromatic amines is 1. The van der Waals surface area contributed by atoms with Crippen LogP contribution in [0.1, 0.15) is 67.6 Å². The summed E-state index contributed by atoms with van der Waals surface area (Å²) in [6.45, 7) is 4.89. The lowest BCUT2D eigenvalue weighted by molar-refractivity contribution is -0.136. The number of amides is 4. The van der Waals surface area contributed by atoms with Crippen LogP contribution in [0, 0.1) is 0 Å². The molecule has 1 aliphatic carbocycles. The summed E-state index contributed by atoms with van der Waals surface area (Å²) in [5.74, 6) is -0.317. The molecule has 4 amide bonds. The molecule has 3 aromatic rings. The van der Waals surface area contributed by atoms with Crippen molar-refractivity contribution in [1.29, 1.82) is 0 Å². The lowest BCUT2D eigenvalue weighted by Crippen LogP contribution is -2.57. The van der Waals surface area contributed by atoms with E-state index < -0.39 is 6.04 Å². The molecular weight excluding hydrogens is 540 g/mol. The van der Waals surface area contributed by atoms with E-state index in [4.69, 9.17) is 0 Å². The molecule has 3 aliphatic rings. The molecular formula is C34H44N6O3. The van der Waals surface area contributed by atoms with Gasteiger partial charge in [0.1, 0.15) is 6.04 Å². The van der Waals surface area contributed by atoms with Crippen molar-refractivity contribution in [2.45, 2.75) is 68.4 Å². The highest BCUT2D eigenvalue weighted by Crippen LogP contribution is 2.52. The number of carbonyl (C=O) groups excluding carboxylic acids is 3. The average Bonchev–Trinajstić information content (AvgIpc) is 3.60. The van der Waals surface area contributed by atoms with Gasteiger partial charge in [-0.3, -0.25) is 9.59 Å². The van der Waals surface area contributed by atoms with Crippen LogP contribution in [0.15, 0.2) is 54.7 Å². The number of urea groups is 1. The molecule has 0 radical (unpaired) electrons. The zero-order valence-corrected chi connectivity index (χ0v) is 25.5. The number of rotatable bonds is 6. The van der Waals surface area contributed by atoms with Crippen molar-refractivity contribution in [2.75, 3.05) is 40.3 Å². The Hall–Kier alpha value is -3.85. The molecule has 43 heavy (non-hydrogen) atoms. The van der Waals surface area contributed by atoms with Crippen LogP contribution in [0.2, 0.25) is 0 Å². The Labute approximate surface area is 253 Å². The van der Waals surface area contributed by atoms with E-state index in [1.54, 1.807) is 4.90 Å². The number of nitrogens with zero attached hydrogens (tertiary/aromatic N) is 2. The van der Waals surface area contributed by atoms with Crippen LogP contribution in [-0.4, -0.2) is 85.0 Å². The molecule has 0 bridgehead atoms. The zero-order valence-electron chi connectivity index (χ0n) is 25.5. The Balaban J connectivity index is 1.22. The van der Waals surface area contributed by atoms with Gasteiger partial charge in [-0.2, -0.15) is 0 Å². The van der Waals surface area contributed by atoms with Crippen LogP contribution < -0.4 is 16.0 Å². The van der Waals surface area contributed by atoms with Gasteiger partial charge in [0, 0.05) is 68.2 Å². The van der Waals surface area contributed by atoms with Gasteiger partial charge in [-0.1, -0.05) is 49.4 Å². The number of hydrogen-bond acceptors (Lipinski definition) is 4. The molecule has 4 atom stereocenters. The summed E-state index contributed by atoms with van der Waals surface area (Å²) in [5.41, 5.74) is 4.28. The van der Waals surface area contributed by atoms with Gasteiger partial charge < -0.3 is 30.7 Å². The first-order valence-electron chi connectivity index (χ1n) is 15.7.